The first kappa shape index (κ1) is 15.1. The first-order valence-electron chi connectivity index (χ1n) is 6.96. The molecular weight excluding hydrogens is 305 g/mol. The highest BCUT2D eigenvalue weighted by molar-refractivity contribution is 6.06. The van der Waals surface area contributed by atoms with Gasteiger partial charge in [0, 0.05) is 0 Å². The monoisotopic (exact) mass is 319 g/mol. The molecule has 0 bridgehead atoms. The lowest BCUT2D eigenvalue weighted by Gasteiger charge is -2.33. The fraction of sp³-hybridized carbons (Fsp3) is 0.250. The molecule has 0 unspecified atom stereocenters. The molecule has 0 aliphatic carbocycles. The number of benzene rings is 1. The summed E-state index contributed by atoms with van der Waals surface area (Å²) in [5, 5.41) is 0. The summed E-state index contributed by atoms with van der Waals surface area (Å²) >= 11 is 0. The number of carbonyl (C=O) groups is 2. The van der Waals surface area contributed by atoms with Crippen molar-refractivity contribution >= 4 is 17.6 Å². The number of carbonyl (C=O) groups excluding carboxylic acids is 2. The molecule has 1 aromatic heterocycles. The number of furan rings is 1. The summed E-state index contributed by atoms with van der Waals surface area (Å²) in [5.74, 6) is -1.78. The van der Waals surface area contributed by atoms with Gasteiger partial charge in [-0.25, -0.2) is 9.18 Å². The predicted octanol–water partition coefficient (Wildman–Crippen LogP) is 2.63. The number of nitrogens with zero attached hydrogens (tertiary/aromatic N) is 1. The second kappa shape index (κ2) is 5.75. The standard InChI is InChI=1S/C16H14FNO5/c1-9-8-18(11-5-3-4-10(17)14(11)22-9)15(19)12-6-7-13(23-12)16(20)21-2/h3-7,9H,8H2,1-2H3/t9-/m1/s1. The second-order valence-electron chi connectivity index (χ2n) is 5.09. The van der Waals surface area contributed by atoms with E-state index in [4.69, 9.17) is 9.15 Å². The Morgan fingerprint density at radius 3 is 2.74 bits per heavy atom. The molecule has 23 heavy (non-hydrogen) atoms. The summed E-state index contributed by atoms with van der Waals surface area (Å²) in [4.78, 5) is 25.4. The molecule has 0 saturated heterocycles. The van der Waals surface area contributed by atoms with E-state index in [-0.39, 0.29) is 29.9 Å². The molecule has 7 heteroatoms. The van der Waals surface area contributed by atoms with Crippen molar-refractivity contribution in [3.63, 3.8) is 0 Å². The van der Waals surface area contributed by atoms with Gasteiger partial charge < -0.3 is 13.9 Å². The molecule has 0 radical (unpaired) electrons. The van der Waals surface area contributed by atoms with E-state index in [0.717, 1.165) is 0 Å². The molecular formula is C16H14FNO5. The van der Waals surface area contributed by atoms with Gasteiger partial charge in [0.25, 0.3) is 5.91 Å². The van der Waals surface area contributed by atoms with Crippen LogP contribution in [0.1, 0.15) is 28.0 Å². The van der Waals surface area contributed by atoms with Crippen LogP contribution in [-0.2, 0) is 4.74 Å². The van der Waals surface area contributed by atoms with Crippen molar-refractivity contribution in [1.29, 1.82) is 0 Å². The summed E-state index contributed by atoms with van der Waals surface area (Å²) in [6.45, 7) is 1.97. The van der Waals surface area contributed by atoms with E-state index in [1.807, 2.05) is 0 Å². The largest absolute Gasteiger partial charge is 0.484 e. The van der Waals surface area contributed by atoms with E-state index in [1.165, 1.54) is 36.3 Å². The van der Waals surface area contributed by atoms with Crippen LogP contribution in [0.4, 0.5) is 10.1 Å². The van der Waals surface area contributed by atoms with E-state index in [9.17, 15) is 14.0 Å². The molecule has 1 aromatic carbocycles. The zero-order valence-corrected chi connectivity index (χ0v) is 12.5. The van der Waals surface area contributed by atoms with E-state index in [1.54, 1.807) is 13.0 Å². The van der Waals surface area contributed by atoms with Gasteiger partial charge in [-0.15, -0.1) is 0 Å². The number of esters is 1. The van der Waals surface area contributed by atoms with Crippen molar-refractivity contribution in [2.75, 3.05) is 18.6 Å². The first-order chi connectivity index (χ1) is 11.0. The molecule has 0 spiro atoms. The minimum Gasteiger partial charge on any atom is -0.484 e. The predicted molar refractivity (Wildman–Crippen MR) is 78.2 cm³/mol. The number of anilines is 1. The Morgan fingerprint density at radius 1 is 1.26 bits per heavy atom. The fourth-order valence-corrected chi connectivity index (χ4v) is 2.41. The maximum Gasteiger partial charge on any atom is 0.373 e. The van der Waals surface area contributed by atoms with Crippen LogP contribution in [-0.4, -0.2) is 31.6 Å². The minimum absolute atomic E-state index is 0.0272. The van der Waals surface area contributed by atoms with Gasteiger partial charge in [-0.2, -0.15) is 0 Å². The maximum atomic E-state index is 13.9. The van der Waals surface area contributed by atoms with Crippen LogP contribution in [0.3, 0.4) is 0 Å². The molecule has 0 saturated carbocycles. The molecule has 2 aromatic rings. The maximum absolute atomic E-state index is 13.9. The summed E-state index contributed by atoms with van der Waals surface area (Å²) in [6.07, 6.45) is -0.376. The Bertz CT molecular complexity index is 770. The van der Waals surface area contributed by atoms with Crippen molar-refractivity contribution in [3.8, 4) is 5.75 Å². The van der Waals surface area contributed by atoms with E-state index in [2.05, 4.69) is 4.74 Å². The SMILES string of the molecule is COC(=O)c1ccc(C(=O)N2C[C@@H](C)Oc3c(F)cccc32)o1. The Hall–Kier alpha value is -2.83. The number of ether oxygens (including phenoxy) is 2. The van der Waals surface area contributed by atoms with Crippen LogP contribution in [0.25, 0.3) is 0 Å². The van der Waals surface area contributed by atoms with Crippen molar-refractivity contribution in [1.82, 2.24) is 0 Å². The molecule has 1 amide bonds. The van der Waals surface area contributed by atoms with Crippen LogP contribution in [0, 0.1) is 5.82 Å². The van der Waals surface area contributed by atoms with Gasteiger partial charge in [0.05, 0.1) is 19.3 Å². The van der Waals surface area contributed by atoms with Crippen LogP contribution in [0.15, 0.2) is 34.7 Å². The fourth-order valence-electron chi connectivity index (χ4n) is 2.41. The molecule has 1 aliphatic rings. The summed E-state index contributed by atoms with van der Waals surface area (Å²) in [7, 11) is 1.22. The van der Waals surface area contributed by atoms with Gasteiger partial charge >= 0.3 is 5.97 Å². The van der Waals surface area contributed by atoms with Gasteiger partial charge in [-0.05, 0) is 31.2 Å². The lowest BCUT2D eigenvalue weighted by Crippen LogP contribution is -2.42. The molecule has 1 atom stereocenters. The van der Waals surface area contributed by atoms with Crippen LogP contribution in [0.5, 0.6) is 5.75 Å². The van der Waals surface area contributed by atoms with Crippen LogP contribution < -0.4 is 9.64 Å². The Labute approximate surface area is 131 Å². The highest BCUT2D eigenvalue weighted by atomic mass is 19.1. The lowest BCUT2D eigenvalue weighted by molar-refractivity contribution is 0.0562. The van der Waals surface area contributed by atoms with Gasteiger partial charge in [0.15, 0.2) is 17.3 Å². The third-order valence-electron chi connectivity index (χ3n) is 3.44. The third-order valence-corrected chi connectivity index (χ3v) is 3.44. The van der Waals surface area contributed by atoms with Gasteiger partial charge in [-0.1, -0.05) is 6.07 Å². The molecule has 120 valence electrons. The number of hydrogen-bond donors (Lipinski definition) is 0. The zero-order chi connectivity index (χ0) is 16.6. The molecule has 2 heterocycles. The van der Waals surface area contributed by atoms with Crippen molar-refractivity contribution in [3.05, 3.63) is 47.7 Å². The normalized spacial score (nSPS) is 16.5. The summed E-state index contributed by atoms with van der Waals surface area (Å²) in [5.41, 5.74) is 0.323. The number of hydrogen-bond acceptors (Lipinski definition) is 5. The molecule has 0 fully saturated rings. The number of rotatable bonds is 2. The van der Waals surface area contributed by atoms with E-state index in [0.29, 0.717) is 5.69 Å². The Kier molecular flexibility index (Phi) is 3.77. The quantitative estimate of drug-likeness (QED) is 0.796. The average Bonchev–Trinajstić information content (AvgIpc) is 3.03. The second-order valence-corrected chi connectivity index (χ2v) is 5.09. The first-order valence-corrected chi connectivity index (χ1v) is 6.96. The van der Waals surface area contributed by atoms with Crippen molar-refractivity contribution < 1.29 is 27.9 Å². The topological polar surface area (TPSA) is 69.0 Å². The highest BCUT2D eigenvalue weighted by Crippen LogP contribution is 2.36. The smallest absolute Gasteiger partial charge is 0.373 e. The average molecular weight is 319 g/mol. The summed E-state index contributed by atoms with van der Waals surface area (Å²) < 4.78 is 29.1. The Morgan fingerprint density at radius 2 is 2.00 bits per heavy atom. The summed E-state index contributed by atoms with van der Waals surface area (Å²) in [6, 6.07) is 7.09. The minimum atomic E-state index is -0.675. The van der Waals surface area contributed by atoms with E-state index >= 15 is 0 Å². The van der Waals surface area contributed by atoms with Crippen molar-refractivity contribution in [2.24, 2.45) is 0 Å². The number of fused-ring (bicyclic) bond motifs is 1. The zero-order valence-electron chi connectivity index (χ0n) is 12.5. The number of methoxy groups -OCH3 is 1. The lowest BCUT2D eigenvalue weighted by atomic mass is 10.2. The van der Waals surface area contributed by atoms with Crippen LogP contribution in [0.2, 0.25) is 0 Å². The van der Waals surface area contributed by atoms with Crippen LogP contribution >= 0.6 is 0 Å². The molecule has 6 nitrogen and oxygen atoms in total. The number of para-hydroxylation sites is 1. The number of amides is 1. The molecule has 3 rings (SSSR count). The molecule has 0 N–H and O–H groups in total. The Balaban J connectivity index is 1.96. The third kappa shape index (κ3) is 2.65. The highest BCUT2D eigenvalue weighted by Gasteiger charge is 2.32. The van der Waals surface area contributed by atoms with E-state index < -0.39 is 17.7 Å². The van der Waals surface area contributed by atoms with Crippen molar-refractivity contribution in [2.45, 2.75) is 13.0 Å². The number of halogens is 1. The van der Waals surface area contributed by atoms with Gasteiger partial charge in [0.2, 0.25) is 5.76 Å². The van der Waals surface area contributed by atoms with Gasteiger partial charge in [0.1, 0.15) is 6.10 Å². The van der Waals surface area contributed by atoms with Gasteiger partial charge in [-0.3, -0.25) is 9.69 Å². The molecule has 1 aliphatic heterocycles.